The minimum atomic E-state index is -0.155. The van der Waals surface area contributed by atoms with Crippen LogP contribution in [0.1, 0.15) is 33.6 Å². The van der Waals surface area contributed by atoms with Gasteiger partial charge in [-0.2, -0.15) is 0 Å². The third-order valence-electron chi connectivity index (χ3n) is 3.79. The van der Waals surface area contributed by atoms with Gasteiger partial charge in [0.2, 0.25) is 5.91 Å². The van der Waals surface area contributed by atoms with Gasteiger partial charge < -0.3 is 15.0 Å². The first-order chi connectivity index (χ1) is 7.99. The van der Waals surface area contributed by atoms with Crippen LogP contribution >= 0.6 is 0 Å². The summed E-state index contributed by atoms with van der Waals surface area (Å²) in [7, 11) is 0. The zero-order valence-electron chi connectivity index (χ0n) is 11.2. The highest BCUT2D eigenvalue weighted by molar-refractivity contribution is 5.82. The normalized spacial score (nSPS) is 33.5. The molecule has 98 valence electrons. The topological polar surface area (TPSA) is 41.6 Å². The second kappa shape index (κ2) is 4.94. The predicted octanol–water partition coefficient (Wildman–Crippen LogP) is 1.01. The molecule has 0 aliphatic carbocycles. The van der Waals surface area contributed by atoms with Crippen LogP contribution in [-0.2, 0) is 9.53 Å². The molecule has 2 aliphatic rings. The SMILES string of the molecule is C[C@H]1OCCN[C@@H]1C(=O)N1CCCC(C)(C)C1. The Hall–Kier alpha value is -0.610. The molecular weight excluding hydrogens is 216 g/mol. The van der Waals surface area contributed by atoms with Gasteiger partial charge in [0.25, 0.3) is 0 Å². The first kappa shape index (κ1) is 12.8. The summed E-state index contributed by atoms with van der Waals surface area (Å²) in [5, 5.41) is 3.28. The molecule has 0 radical (unpaired) electrons. The summed E-state index contributed by atoms with van der Waals surface area (Å²) in [5.74, 6) is 0.213. The molecule has 2 rings (SSSR count). The van der Waals surface area contributed by atoms with Crippen molar-refractivity contribution < 1.29 is 9.53 Å². The number of ether oxygens (including phenoxy) is 1. The lowest BCUT2D eigenvalue weighted by Crippen LogP contribution is -2.58. The Kier molecular flexibility index (Phi) is 3.73. The van der Waals surface area contributed by atoms with E-state index < -0.39 is 0 Å². The Morgan fingerprint density at radius 3 is 2.88 bits per heavy atom. The number of carbonyl (C=O) groups excluding carboxylic acids is 1. The van der Waals surface area contributed by atoms with E-state index in [1.54, 1.807) is 0 Å². The van der Waals surface area contributed by atoms with Crippen LogP contribution in [0, 0.1) is 5.41 Å². The minimum absolute atomic E-state index is 0.0127. The van der Waals surface area contributed by atoms with Crippen LogP contribution in [0.25, 0.3) is 0 Å². The molecule has 2 atom stereocenters. The first-order valence-electron chi connectivity index (χ1n) is 6.63. The van der Waals surface area contributed by atoms with Crippen molar-refractivity contribution in [2.45, 2.75) is 45.8 Å². The van der Waals surface area contributed by atoms with E-state index in [2.05, 4.69) is 19.2 Å². The molecule has 0 bridgehead atoms. The number of piperidine rings is 1. The van der Waals surface area contributed by atoms with Gasteiger partial charge in [-0.3, -0.25) is 4.79 Å². The van der Waals surface area contributed by atoms with E-state index in [1.165, 1.54) is 6.42 Å². The Labute approximate surface area is 104 Å². The Balaban J connectivity index is 1.99. The number of amides is 1. The summed E-state index contributed by atoms with van der Waals surface area (Å²) >= 11 is 0. The highest BCUT2D eigenvalue weighted by Crippen LogP contribution is 2.29. The lowest BCUT2D eigenvalue weighted by molar-refractivity contribution is -0.142. The average molecular weight is 240 g/mol. The van der Waals surface area contributed by atoms with E-state index in [0.717, 1.165) is 26.1 Å². The number of rotatable bonds is 1. The summed E-state index contributed by atoms with van der Waals surface area (Å²) in [6, 6.07) is -0.155. The monoisotopic (exact) mass is 240 g/mol. The van der Waals surface area contributed by atoms with Crippen molar-refractivity contribution in [1.82, 2.24) is 10.2 Å². The Bertz CT molecular complexity index is 291. The molecule has 0 unspecified atom stereocenters. The Morgan fingerprint density at radius 2 is 2.24 bits per heavy atom. The summed E-state index contributed by atoms with van der Waals surface area (Å²) < 4.78 is 5.54. The van der Waals surface area contributed by atoms with E-state index in [4.69, 9.17) is 4.74 Å². The molecule has 0 aromatic carbocycles. The summed E-state index contributed by atoms with van der Waals surface area (Å²) in [5.41, 5.74) is 0.257. The van der Waals surface area contributed by atoms with Gasteiger partial charge in [-0.1, -0.05) is 13.8 Å². The molecule has 2 saturated heterocycles. The highest BCUT2D eigenvalue weighted by atomic mass is 16.5. The van der Waals surface area contributed by atoms with Gasteiger partial charge in [-0.05, 0) is 25.2 Å². The molecule has 0 aromatic heterocycles. The predicted molar refractivity (Wildman–Crippen MR) is 66.8 cm³/mol. The number of nitrogens with one attached hydrogen (secondary N) is 1. The molecule has 1 amide bonds. The smallest absolute Gasteiger partial charge is 0.242 e. The number of morpholine rings is 1. The third kappa shape index (κ3) is 2.99. The van der Waals surface area contributed by atoms with Crippen LogP contribution in [0.3, 0.4) is 0 Å². The van der Waals surface area contributed by atoms with E-state index in [-0.39, 0.29) is 23.5 Å². The molecule has 0 aromatic rings. The van der Waals surface area contributed by atoms with Crippen LogP contribution < -0.4 is 5.32 Å². The third-order valence-corrected chi connectivity index (χ3v) is 3.79. The lowest BCUT2D eigenvalue weighted by atomic mass is 9.84. The Morgan fingerprint density at radius 1 is 1.47 bits per heavy atom. The average Bonchev–Trinajstić information content (AvgIpc) is 2.27. The van der Waals surface area contributed by atoms with Crippen molar-refractivity contribution in [3.05, 3.63) is 0 Å². The number of hydrogen-bond donors (Lipinski definition) is 1. The van der Waals surface area contributed by atoms with Gasteiger partial charge in [0, 0.05) is 19.6 Å². The molecule has 1 N–H and O–H groups in total. The van der Waals surface area contributed by atoms with Crippen LogP contribution in [0.2, 0.25) is 0 Å². The zero-order valence-corrected chi connectivity index (χ0v) is 11.2. The van der Waals surface area contributed by atoms with Crippen molar-refractivity contribution in [2.24, 2.45) is 5.41 Å². The van der Waals surface area contributed by atoms with Crippen molar-refractivity contribution in [3.63, 3.8) is 0 Å². The molecule has 4 heteroatoms. The summed E-state index contributed by atoms with van der Waals surface area (Å²) in [6.45, 7) is 9.70. The van der Waals surface area contributed by atoms with Crippen LogP contribution in [0.15, 0.2) is 0 Å². The van der Waals surface area contributed by atoms with Crippen molar-refractivity contribution >= 4 is 5.91 Å². The second-order valence-corrected chi connectivity index (χ2v) is 6.04. The van der Waals surface area contributed by atoms with Gasteiger partial charge in [0.1, 0.15) is 6.04 Å². The van der Waals surface area contributed by atoms with Gasteiger partial charge in [0.05, 0.1) is 12.7 Å². The fourth-order valence-corrected chi connectivity index (χ4v) is 2.82. The molecular formula is C13H24N2O2. The lowest BCUT2D eigenvalue weighted by Gasteiger charge is -2.41. The maximum absolute atomic E-state index is 12.4. The van der Waals surface area contributed by atoms with Crippen LogP contribution in [-0.4, -0.2) is 49.2 Å². The molecule has 2 fully saturated rings. The zero-order chi connectivity index (χ0) is 12.5. The molecule has 4 nitrogen and oxygen atoms in total. The first-order valence-corrected chi connectivity index (χ1v) is 6.63. The molecule has 0 spiro atoms. The van der Waals surface area contributed by atoms with Gasteiger partial charge in [0.15, 0.2) is 0 Å². The van der Waals surface area contributed by atoms with Crippen LogP contribution in [0.4, 0.5) is 0 Å². The number of carbonyl (C=O) groups is 1. The molecule has 2 aliphatic heterocycles. The summed E-state index contributed by atoms with van der Waals surface area (Å²) in [6.07, 6.45) is 2.31. The standard InChI is InChI=1S/C13H24N2O2/c1-10-11(14-6-8-17-10)12(16)15-7-4-5-13(2,3)9-15/h10-11,14H,4-9H2,1-3H3/t10-,11+/m1/s1. The minimum Gasteiger partial charge on any atom is -0.375 e. The summed E-state index contributed by atoms with van der Waals surface area (Å²) in [4.78, 5) is 14.4. The molecule has 17 heavy (non-hydrogen) atoms. The van der Waals surface area contributed by atoms with Crippen LogP contribution in [0.5, 0.6) is 0 Å². The maximum Gasteiger partial charge on any atom is 0.242 e. The van der Waals surface area contributed by atoms with Crippen molar-refractivity contribution in [2.75, 3.05) is 26.2 Å². The van der Waals surface area contributed by atoms with E-state index in [9.17, 15) is 4.79 Å². The quantitative estimate of drug-likeness (QED) is 0.744. The van der Waals surface area contributed by atoms with E-state index >= 15 is 0 Å². The van der Waals surface area contributed by atoms with E-state index in [0.29, 0.717) is 6.61 Å². The highest BCUT2D eigenvalue weighted by Gasteiger charge is 2.35. The van der Waals surface area contributed by atoms with Crippen molar-refractivity contribution in [1.29, 1.82) is 0 Å². The van der Waals surface area contributed by atoms with Crippen molar-refractivity contribution in [3.8, 4) is 0 Å². The molecule has 0 saturated carbocycles. The second-order valence-electron chi connectivity index (χ2n) is 6.04. The largest absolute Gasteiger partial charge is 0.375 e. The fraction of sp³-hybridized carbons (Fsp3) is 0.923. The molecule has 2 heterocycles. The van der Waals surface area contributed by atoms with Gasteiger partial charge >= 0.3 is 0 Å². The number of hydrogen-bond acceptors (Lipinski definition) is 3. The maximum atomic E-state index is 12.4. The number of nitrogens with zero attached hydrogens (tertiary/aromatic N) is 1. The fourth-order valence-electron chi connectivity index (χ4n) is 2.82. The van der Waals surface area contributed by atoms with E-state index in [1.807, 2.05) is 11.8 Å². The van der Waals surface area contributed by atoms with Gasteiger partial charge in [-0.15, -0.1) is 0 Å². The van der Waals surface area contributed by atoms with Gasteiger partial charge in [-0.25, -0.2) is 0 Å². The number of likely N-dealkylation sites (tertiary alicyclic amines) is 1.